The van der Waals surface area contributed by atoms with E-state index in [-0.39, 0.29) is 4.70 Å². The molecular weight excluding hydrogens is 141 g/mol. The fraction of sp³-hybridized carbons (Fsp3) is 0.750. The summed E-state index contributed by atoms with van der Waals surface area (Å²) >= 11 is 1.96. The number of nitriles is 1. The van der Waals surface area contributed by atoms with E-state index in [9.17, 15) is 0 Å². The van der Waals surface area contributed by atoms with Crippen LogP contribution in [0.5, 0.6) is 0 Å². The van der Waals surface area contributed by atoms with Crippen LogP contribution in [0.1, 0.15) is 0 Å². The van der Waals surface area contributed by atoms with Crippen LogP contribution in [0, 0.1) is 11.5 Å². The van der Waals surface area contributed by atoms with Crippen molar-refractivity contribution in [1.82, 2.24) is 5.32 Å². The monoisotopic (exact) mass is 151 g/mol. The summed E-state index contributed by atoms with van der Waals surface area (Å²) < 4.78 is 0. The maximum Gasteiger partial charge on any atom is 0.173 e. The van der Waals surface area contributed by atoms with Crippen LogP contribution in [0.3, 0.4) is 0 Å². The molecule has 1 aliphatic heterocycles. The van der Waals surface area contributed by atoms with E-state index < -0.39 is 0 Å². The van der Waals surface area contributed by atoms with E-state index in [1.807, 2.05) is 11.8 Å². The fourth-order valence-corrected chi connectivity index (χ4v) is 1.08. The van der Waals surface area contributed by atoms with Crippen LogP contribution in [0.2, 0.25) is 0 Å². The first kappa shape index (κ1) is 11.3. The number of nitrogens with one attached hydrogen (secondary N) is 1. The van der Waals surface area contributed by atoms with Crippen molar-refractivity contribution >= 4 is 11.8 Å². The topological polar surface area (TPSA) is 61.8 Å². The van der Waals surface area contributed by atoms with E-state index in [0.29, 0.717) is 0 Å². The van der Waals surface area contributed by atoms with Gasteiger partial charge in [0.1, 0.15) is 0 Å². The zero-order valence-electron chi connectivity index (χ0n) is 4.96. The molecule has 9 heavy (non-hydrogen) atoms. The molecule has 0 aromatic rings. The van der Waals surface area contributed by atoms with E-state index in [0.717, 1.165) is 0 Å². The fourth-order valence-electron chi connectivity index (χ4n) is 0.361. The molecule has 1 rings (SSSR count). The number of hydrogen-bond donors (Lipinski definition) is 2. The first-order valence-corrected chi connectivity index (χ1v) is 3.45. The lowest BCUT2D eigenvalue weighted by molar-refractivity contribution is 0.885. The number of hydrogen-bond acceptors (Lipinski definition) is 4. The Morgan fingerprint density at radius 2 is 2.22 bits per heavy atom. The smallest absolute Gasteiger partial charge is 0.173 e. The van der Waals surface area contributed by atoms with Gasteiger partial charge in [-0.15, -0.1) is 11.8 Å². The third-order valence-corrected chi connectivity index (χ3v) is 1.53. The summed E-state index contributed by atoms with van der Waals surface area (Å²) in [5.41, 5.74) is 4.15. The van der Waals surface area contributed by atoms with Gasteiger partial charge in [-0.2, -0.15) is 5.26 Å². The molecule has 1 aliphatic rings. The van der Waals surface area contributed by atoms with Gasteiger partial charge in [-0.25, -0.2) is 0 Å². The molecule has 0 aliphatic carbocycles. The predicted molar refractivity (Wildman–Crippen MR) is 37.6 cm³/mol. The molecule has 0 bridgehead atoms. The van der Waals surface area contributed by atoms with Gasteiger partial charge in [-0.3, -0.25) is 4.70 Å². The van der Waals surface area contributed by atoms with Crippen LogP contribution in [-0.2, 0) is 0 Å². The number of rotatable bonds is 0. The minimum absolute atomic E-state index is 0. The highest BCUT2D eigenvalue weighted by molar-refractivity contribution is 7.99. The average molecular weight is 151 g/mol. The van der Waals surface area contributed by atoms with Gasteiger partial charge in [-0.05, 0) is 0 Å². The van der Waals surface area contributed by atoms with Crippen molar-refractivity contribution in [3.05, 3.63) is 0 Å². The lowest BCUT2D eigenvalue weighted by Gasteiger charge is -1.74. The molecule has 54 valence electrons. The van der Waals surface area contributed by atoms with Gasteiger partial charge >= 0.3 is 0 Å². The van der Waals surface area contributed by atoms with Gasteiger partial charge in [-0.1, -0.05) is 0 Å². The number of halogens is 1. The number of nitrogens with zero attached hydrogens (tertiary/aromatic N) is 1. The maximum atomic E-state index is 7.10. The first-order valence-electron chi connectivity index (χ1n) is 2.30. The van der Waals surface area contributed by atoms with Crippen LogP contribution in [0.25, 0.3) is 0 Å². The number of thioether (sulfide) groups is 1. The molecule has 5 heteroatoms. The zero-order chi connectivity index (χ0) is 6.24. The summed E-state index contributed by atoms with van der Waals surface area (Å²) in [5.74, 6) is 2.47. The first-order chi connectivity index (χ1) is 3.91. The van der Waals surface area contributed by atoms with E-state index in [1.165, 1.54) is 24.4 Å². The Hall–Kier alpha value is -0.470. The van der Waals surface area contributed by atoms with Crippen molar-refractivity contribution in [3.63, 3.8) is 0 Å². The normalized spacial score (nSPS) is 14.1. The van der Waals surface area contributed by atoms with Crippen molar-refractivity contribution in [2.45, 2.75) is 0 Å². The Kier molecular flexibility index (Phi) is 13.2. The molecule has 0 amide bonds. The molecule has 0 unspecified atom stereocenters. The van der Waals surface area contributed by atoms with Crippen molar-refractivity contribution < 1.29 is 4.70 Å². The third-order valence-electron chi connectivity index (χ3n) is 0.627. The summed E-state index contributed by atoms with van der Waals surface area (Å²) in [7, 11) is 0. The van der Waals surface area contributed by atoms with E-state index in [1.54, 1.807) is 0 Å². The highest BCUT2D eigenvalue weighted by Gasteiger charge is 1.93. The SMILES string of the molecule is C1CSCN1.F.N#CN. The van der Waals surface area contributed by atoms with E-state index in [4.69, 9.17) is 5.26 Å². The Morgan fingerprint density at radius 3 is 2.33 bits per heavy atom. The second kappa shape index (κ2) is 10.5. The molecule has 0 spiro atoms. The summed E-state index contributed by atoms with van der Waals surface area (Å²) in [4.78, 5) is 0. The second-order valence-corrected chi connectivity index (χ2v) is 2.29. The summed E-state index contributed by atoms with van der Waals surface area (Å²) in [6.07, 6.45) is 1.25. The lowest BCUT2D eigenvalue weighted by atomic mass is 10.8. The molecule has 0 saturated carbocycles. The molecule has 0 radical (unpaired) electrons. The Bertz CT molecular complexity index is 70.8. The zero-order valence-corrected chi connectivity index (χ0v) is 5.78. The van der Waals surface area contributed by atoms with Crippen molar-refractivity contribution in [2.24, 2.45) is 5.73 Å². The van der Waals surface area contributed by atoms with Gasteiger partial charge in [0, 0.05) is 18.2 Å². The molecule has 0 aromatic carbocycles. The Morgan fingerprint density at radius 1 is 1.67 bits per heavy atom. The molecule has 1 heterocycles. The maximum absolute atomic E-state index is 7.10. The standard InChI is InChI=1S/C3H7NS.CH2N2.FH/c1-2-5-3-4-1;2-1-3;/h4H,1-3H2;2H2;1H. The summed E-state index contributed by atoms with van der Waals surface area (Å²) in [6.45, 7) is 1.21. The van der Waals surface area contributed by atoms with E-state index in [2.05, 4.69) is 11.1 Å². The van der Waals surface area contributed by atoms with Gasteiger partial charge in [0.25, 0.3) is 0 Å². The van der Waals surface area contributed by atoms with Crippen LogP contribution in [0.15, 0.2) is 0 Å². The minimum Gasteiger partial charge on any atom is -0.337 e. The van der Waals surface area contributed by atoms with Crippen LogP contribution < -0.4 is 11.1 Å². The quantitative estimate of drug-likeness (QED) is 0.373. The van der Waals surface area contributed by atoms with Crippen molar-refractivity contribution in [1.29, 1.82) is 5.26 Å². The van der Waals surface area contributed by atoms with Gasteiger partial charge < -0.3 is 11.1 Å². The van der Waals surface area contributed by atoms with Gasteiger partial charge in [0.05, 0.1) is 0 Å². The third kappa shape index (κ3) is 11.2. The summed E-state index contributed by atoms with van der Waals surface area (Å²) in [5, 5.41) is 10.3. The largest absolute Gasteiger partial charge is 0.337 e. The molecule has 1 saturated heterocycles. The minimum atomic E-state index is 0. The van der Waals surface area contributed by atoms with Gasteiger partial charge in [0.2, 0.25) is 0 Å². The highest BCUT2D eigenvalue weighted by Crippen LogP contribution is 1.99. The van der Waals surface area contributed by atoms with Gasteiger partial charge in [0.15, 0.2) is 6.19 Å². The molecule has 3 N–H and O–H groups in total. The number of nitrogens with two attached hydrogens (primary N) is 1. The molecule has 3 nitrogen and oxygen atoms in total. The lowest BCUT2D eigenvalue weighted by Crippen LogP contribution is -2.04. The average Bonchev–Trinajstić information content (AvgIpc) is 2.17. The van der Waals surface area contributed by atoms with Crippen LogP contribution >= 0.6 is 11.8 Å². The van der Waals surface area contributed by atoms with Crippen LogP contribution in [-0.4, -0.2) is 18.2 Å². The van der Waals surface area contributed by atoms with Crippen molar-refractivity contribution in [3.8, 4) is 6.19 Å². The molecule has 0 atom stereocenters. The summed E-state index contributed by atoms with van der Waals surface area (Å²) in [6, 6.07) is 0. The highest BCUT2D eigenvalue weighted by atomic mass is 32.2. The molecular formula is C4H10FN3S. The second-order valence-electron chi connectivity index (χ2n) is 1.18. The Labute approximate surface area is 58.0 Å². The van der Waals surface area contributed by atoms with Crippen LogP contribution in [0.4, 0.5) is 4.70 Å². The Balaban J connectivity index is 0. The molecule has 1 fully saturated rings. The predicted octanol–water partition coefficient (Wildman–Crippen LogP) is -0.141. The molecule has 0 aromatic heterocycles. The van der Waals surface area contributed by atoms with Crippen molar-refractivity contribution in [2.75, 3.05) is 18.2 Å². The van der Waals surface area contributed by atoms with E-state index >= 15 is 0 Å².